The van der Waals surface area contributed by atoms with Crippen molar-refractivity contribution >= 4 is 29.5 Å². The molecule has 1 fully saturated rings. The Morgan fingerprint density at radius 3 is 2.52 bits per heavy atom. The number of para-hydroxylation sites is 1. The van der Waals surface area contributed by atoms with Crippen molar-refractivity contribution in [2.24, 2.45) is 0 Å². The van der Waals surface area contributed by atoms with Crippen LogP contribution in [0.1, 0.15) is 32.1 Å². The van der Waals surface area contributed by atoms with E-state index >= 15 is 0 Å². The average Bonchev–Trinajstić information content (AvgIpc) is 2.60. The van der Waals surface area contributed by atoms with Crippen molar-refractivity contribution in [1.29, 1.82) is 0 Å². The summed E-state index contributed by atoms with van der Waals surface area (Å²) in [5.41, 5.74) is 0. The summed E-state index contributed by atoms with van der Waals surface area (Å²) in [6.45, 7) is -0.936. The number of imide groups is 1. The average molecular weight is 369 g/mol. The van der Waals surface area contributed by atoms with Gasteiger partial charge in [-0.05, 0) is 25.0 Å². The first-order valence-electron chi connectivity index (χ1n) is 8.18. The molecule has 0 spiro atoms. The minimum absolute atomic E-state index is 0.0909. The first-order chi connectivity index (χ1) is 12.0. The number of halogens is 1. The van der Waals surface area contributed by atoms with Gasteiger partial charge < -0.3 is 14.8 Å². The quantitative estimate of drug-likeness (QED) is 0.752. The lowest BCUT2D eigenvalue weighted by atomic mass is 9.96. The standard InChI is InChI=1S/C17H21ClN2O5/c18-13-8-4-5-9-14(13)24-11-16(22)25-10-15(21)20-17(23)19-12-6-2-1-3-7-12/h4-5,8-9,12H,1-3,6-7,10-11H2,(H2,19,20,21,23). The van der Waals surface area contributed by atoms with Gasteiger partial charge in [0.1, 0.15) is 5.75 Å². The summed E-state index contributed by atoms with van der Waals surface area (Å²) in [7, 11) is 0. The molecular formula is C17H21ClN2O5. The first kappa shape index (κ1) is 19.1. The Bertz CT molecular complexity index is 617. The SMILES string of the molecule is O=C(COC(=O)COc1ccccc1Cl)NC(=O)NC1CCCCC1. The van der Waals surface area contributed by atoms with Crippen LogP contribution < -0.4 is 15.4 Å². The normalized spacial score (nSPS) is 14.4. The van der Waals surface area contributed by atoms with Crippen molar-refractivity contribution in [3.63, 3.8) is 0 Å². The van der Waals surface area contributed by atoms with Crippen LogP contribution in [0.4, 0.5) is 4.79 Å². The van der Waals surface area contributed by atoms with E-state index in [9.17, 15) is 14.4 Å². The summed E-state index contributed by atoms with van der Waals surface area (Å²) in [4.78, 5) is 34.9. The zero-order valence-electron chi connectivity index (χ0n) is 13.8. The van der Waals surface area contributed by atoms with Crippen molar-refractivity contribution in [3.05, 3.63) is 29.3 Å². The maximum Gasteiger partial charge on any atom is 0.344 e. The molecule has 0 radical (unpaired) electrons. The number of hydrogen-bond acceptors (Lipinski definition) is 5. The zero-order chi connectivity index (χ0) is 18.1. The Hall–Kier alpha value is -2.28. The van der Waals surface area contributed by atoms with E-state index in [4.69, 9.17) is 21.1 Å². The molecule has 136 valence electrons. The van der Waals surface area contributed by atoms with E-state index in [-0.39, 0.29) is 12.6 Å². The summed E-state index contributed by atoms with van der Waals surface area (Å²) >= 11 is 5.89. The molecule has 0 unspecified atom stereocenters. The smallest absolute Gasteiger partial charge is 0.344 e. The maximum atomic E-state index is 11.7. The summed E-state index contributed by atoms with van der Waals surface area (Å²) < 4.78 is 9.95. The van der Waals surface area contributed by atoms with Gasteiger partial charge >= 0.3 is 12.0 Å². The van der Waals surface area contributed by atoms with Gasteiger partial charge in [-0.2, -0.15) is 0 Å². The van der Waals surface area contributed by atoms with Crippen LogP contribution in [0.2, 0.25) is 5.02 Å². The largest absolute Gasteiger partial charge is 0.480 e. The second kappa shape index (κ2) is 9.88. The van der Waals surface area contributed by atoms with E-state index in [1.807, 2.05) is 0 Å². The van der Waals surface area contributed by atoms with Gasteiger partial charge in [-0.25, -0.2) is 9.59 Å². The van der Waals surface area contributed by atoms with Crippen LogP contribution in [0.25, 0.3) is 0 Å². The fraction of sp³-hybridized carbons (Fsp3) is 0.471. The third kappa shape index (κ3) is 7.01. The number of amides is 3. The summed E-state index contributed by atoms with van der Waals surface area (Å²) in [6, 6.07) is 6.20. The van der Waals surface area contributed by atoms with Gasteiger partial charge in [0.05, 0.1) is 5.02 Å². The van der Waals surface area contributed by atoms with Gasteiger partial charge in [0.15, 0.2) is 13.2 Å². The van der Waals surface area contributed by atoms with Crippen molar-refractivity contribution in [2.45, 2.75) is 38.1 Å². The van der Waals surface area contributed by atoms with Gasteiger partial charge in [-0.1, -0.05) is 43.0 Å². The Kier molecular flexibility index (Phi) is 7.53. The molecule has 8 heteroatoms. The Balaban J connectivity index is 1.62. The summed E-state index contributed by atoms with van der Waals surface area (Å²) in [5, 5.41) is 5.24. The van der Waals surface area contributed by atoms with Crippen LogP contribution in [0.15, 0.2) is 24.3 Å². The highest BCUT2D eigenvalue weighted by Gasteiger charge is 2.17. The summed E-state index contributed by atoms with van der Waals surface area (Å²) in [5.74, 6) is -1.08. The molecule has 0 atom stereocenters. The molecular weight excluding hydrogens is 348 g/mol. The highest BCUT2D eigenvalue weighted by Crippen LogP contribution is 2.22. The molecule has 1 aliphatic rings. The first-order valence-corrected chi connectivity index (χ1v) is 8.55. The van der Waals surface area contributed by atoms with Gasteiger partial charge in [-0.15, -0.1) is 0 Å². The highest BCUT2D eigenvalue weighted by molar-refractivity contribution is 6.32. The van der Waals surface area contributed by atoms with Gasteiger partial charge in [0.2, 0.25) is 0 Å². The van der Waals surface area contributed by atoms with Crippen molar-refractivity contribution in [3.8, 4) is 5.75 Å². The molecule has 0 aromatic heterocycles. The fourth-order valence-corrected chi connectivity index (χ4v) is 2.71. The lowest BCUT2D eigenvalue weighted by Crippen LogP contribution is -2.46. The predicted octanol–water partition coefficient (Wildman–Crippen LogP) is 2.42. The van der Waals surface area contributed by atoms with E-state index < -0.39 is 24.5 Å². The second-order valence-electron chi connectivity index (χ2n) is 5.74. The van der Waals surface area contributed by atoms with Crippen LogP contribution in [0.5, 0.6) is 5.75 Å². The molecule has 0 saturated heterocycles. The zero-order valence-corrected chi connectivity index (χ0v) is 14.5. The summed E-state index contributed by atoms with van der Waals surface area (Å²) in [6.07, 6.45) is 5.14. The van der Waals surface area contributed by atoms with Gasteiger partial charge in [0.25, 0.3) is 5.91 Å². The minimum Gasteiger partial charge on any atom is -0.480 e. The number of esters is 1. The number of carbonyl (C=O) groups is 3. The van der Waals surface area contributed by atoms with Crippen molar-refractivity contribution in [2.75, 3.05) is 13.2 Å². The monoisotopic (exact) mass is 368 g/mol. The second-order valence-corrected chi connectivity index (χ2v) is 6.14. The van der Waals surface area contributed by atoms with Crippen molar-refractivity contribution in [1.82, 2.24) is 10.6 Å². The molecule has 0 heterocycles. The molecule has 1 aliphatic carbocycles. The van der Waals surface area contributed by atoms with Crippen LogP contribution in [-0.4, -0.2) is 37.2 Å². The van der Waals surface area contributed by atoms with Crippen molar-refractivity contribution < 1.29 is 23.9 Å². The lowest BCUT2D eigenvalue weighted by molar-refractivity contribution is -0.150. The molecule has 0 aliphatic heterocycles. The number of urea groups is 1. The Labute approximate surface area is 151 Å². The molecule has 2 N–H and O–H groups in total. The Morgan fingerprint density at radius 2 is 1.80 bits per heavy atom. The molecule has 25 heavy (non-hydrogen) atoms. The molecule has 0 bridgehead atoms. The van der Waals surface area contributed by atoms with Crippen LogP contribution in [-0.2, 0) is 14.3 Å². The number of carbonyl (C=O) groups excluding carboxylic acids is 3. The van der Waals surface area contributed by atoms with E-state index in [2.05, 4.69) is 10.6 Å². The Morgan fingerprint density at radius 1 is 1.08 bits per heavy atom. The number of hydrogen-bond donors (Lipinski definition) is 2. The number of ether oxygens (including phenoxy) is 2. The number of benzene rings is 1. The molecule has 3 amide bonds. The number of rotatable bonds is 6. The van der Waals surface area contributed by atoms with Gasteiger partial charge in [-0.3, -0.25) is 10.1 Å². The third-order valence-corrected chi connectivity index (χ3v) is 4.05. The molecule has 1 aromatic rings. The van der Waals surface area contributed by atoms with Crippen LogP contribution >= 0.6 is 11.6 Å². The maximum absolute atomic E-state index is 11.7. The number of nitrogens with one attached hydrogen (secondary N) is 2. The predicted molar refractivity (Wildman–Crippen MR) is 91.5 cm³/mol. The van der Waals surface area contributed by atoms with Crippen LogP contribution in [0.3, 0.4) is 0 Å². The fourth-order valence-electron chi connectivity index (χ4n) is 2.52. The van der Waals surface area contributed by atoms with E-state index in [1.54, 1.807) is 24.3 Å². The lowest BCUT2D eigenvalue weighted by Gasteiger charge is -2.22. The van der Waals surface area contributed by atoms with E-state index in [0.717, 1.165) is 25.7 Å². The minimum atomic E-state index is -0.734. The van der Waals surface area contributed by atoms with E-state index in [1.165, 1.54) is 6.42 Å². The van der Waals surface area contributed by atoms with Gasteiger partial charge in [0, 0.05) is 6.04 Å². The molecule has 7 nitrogen and oxygen atoms in total. The van der Waals surface area contributed by atoms with E-state index in [0.29, 0.717) is 10.8 Å². The molecule has 2 rings (SSSR count). The topological polar surface area (TPSA) is 93.7 Å². The highest BCUT2D eigenvalue weighted by atomic mass is 35.5. The van der Waals surface area contributed by atoms with Crippen LogP contribution in [0, 0.1) is 0 Å². The molecule has 1 aromatic carbocycles. The third-order valence-electron chi connectivity index (χ3n) is 3.74. The molecule has 1 saturated carbocycles.